The number of halogens is 2. The molecular weight excluding hydrogens is 423 g/mol. The summed E-state index contributed by atoms with van der Waals surface area (Å²) in [5, 5.41) is 11.4. The molecule has 0 bridgehead atoms. The van der Waals surface area contributed by atoms with E-state index in [1.165, 1.54) is 0 Å². The molecule has 5 rings (SSSR count). The van der Waals surface area contributed by atoms with Gasteiger partial charge in [0.2, 0.25) is 0 Å². The van der Waals surface area contributed by atoms with Gasteiger partial charge < -0.3 is 14.6 Å². The Morgan fingerprint density at radius 3 is 2.65 bits per heavy atom. The first kappa shape index (κ1) is 22.0. The third-order valence-corrected chi connectivity index (χ3v) is 9.81. The fraction of sp³-hybridized carbons (Fsp3) is 0.833. The van der Waals surface area contributed by atoms with E-state index in [9.17, 15) is 14.7 Å². The SMILES string of the molecule is CC1(C)O[C@H]2C[C@H]3[C@@H]4CCC5=CC(=O)CC[C@]5(C)C4(F)[C@@H](O)C[C@]3(C)[C@]2(C(=O)CCl)O1. The Morgan fingerprint density at radius 1 is 1.26 bits per heavy atom. The Kier molecular flexibility index (Phi) is 4.54. The number of hydrogen-bond acceptors (Lipinski definition) is 5. The normalized spacial score (nSPS) is 52.6. The fourth-order valence-corrected chi connectivity index (χ4v) is 8.47. The van der Waals surface area contributed by atoms with Gasteiger partial charge in [-0.15, -0.1) is 11.6 Å². The maximum absolute atomic E-state index is 17.2. The average molecular weight is 455 g/mol. The Bertz CT molecular complexity index is 887. The van der Waals surface area contributed by atoms with E-state index < -0.39 is 46.0 Å². The van der Waals surface area contributed by atoms with Gasteiger partial charge in [-0.1, -0.05) is 19.4 Å². The van der Waals surface area contributed by atoms with Crippen molar-refractivity contribution in [2.75, 3.05) is 5.88 Å². The molecule has 5 nitrogen and oxygen atoms in total. The highest BCUT2D eigenvalue weighted by Crippen LogP contribution is 2.72. The lowest BCUT2D eigenvalue weighted by atomic mass is 9.44. The van der Waals surface area contributed by atoms with Gasteiger partial charge in [-0.05, 0) is 57.9 Å². The van der Waals surface area contributed by atoms with Gasteiger partial charge in [-0.2, -0.15) is 0 Å². The van der Waals surface area contributed by atoms with Crippen LogP contribution in [0.2, 0.25) is 0 Å². The molecule has 0 amide bonds. The number of rotatable bonds is 2. The van der Waals surface area contributed by atoms with Crippen LogP contribution in [0, 0.1) is 22.7 Å². The molecule has 1 heterocycles. The van der Waals surface area contributed by atoms with Crippen molar-refractivity contribution in [3.05, 3.63) is 11.6 Å². The molecule has 5 aliphatic rings. The second kappa shape index (κ2) is 6.40. The number of carbonyl (C=O) groups excluding carboxylic acids is 2. The second-order valence-corrected chi connectivity index (χ2v) is 11.5. The van der Waals surface area contributed by atoms with Gasteiger partial charge in [0.1, 0.15) is 5.67 Å². The summed E-state index contributed by atoms with van der Waals surface area (Å²) in [6.45, 7) is 7.38. The average Bonchev–Trinajstić information content (AvgIpc) is 3.09. The third kappa shape index (κ3) is 2.43. The topological polar surface area (TPSA) is 72.8 Å². The van der Waals surface area contributed by atoms with Crippen molar-refractivity contribution in [3.8, 4) is 0 Å². The van der Waals surface area contributed by atoms with Crippen LogP contribution in [0.15, 0.2) is 11.6 Å². The monoisotopic (exact) mass is 454 g/mol. The van der Waals surface area contributed by atoms with Gasteiger partial charge in [0.05, 0.1) is 18.1 Å². The van der Waals surface area contributed by atoms with Gasteiger partial charge >= 0.3 is 0 Å². The number of hydrogen-bond donors (Lipinski definition) is 1. The molecule has 172 valence electrons. The second-order valence-electron chi connectivity index (χ2n) is 11.3. The van der Waals surface area contributed by atoms with Crippen LogP contribution in [0.3, 0.4) is 0 Å². The van der Waals surface area contributed by atoms with E-state index in [0.29, 0.717) is 32.1 Å². The van der Waals surface area contributed by atoms with Crippen LogP contribution in [0.4, 0.5) is 4.39 Å². The predicted molar refractivity (Wildman–Crippen MR) is 112 cm³/mol. The molecule has 1 unspecified atom stereocenters. The largest absolute Gasteiger partial charge is 0.390 e. The number of Topliss-reactive ketones (excluding diaryl/α,β-unsaturated/α-hetero) is 1. The van der Waals surface area contributed by atoms with Crippen LogP contribution < -0.4 is 0 Å². The van der Waals surface area contributed by atoms with Crippen molar-refractivity contribution in [2.45, 2.75) is 95.5 Å². The Hall–Kier alpha value is -0.820. The molecule has 1 aliphatic heterocycles. The molecule has 0 aromatic carbocycles. The number of ketones is 2. The smallest absolute Gasteiger partial charge is 0.182 e. The number of carbonyl (C=O) groups is 2. The number of aliphatic hydroxyl groups excluding tert-OH is 1. The summed E-state index contributed by atoms with van der Waals surface area (Å²) in [7, 11) is 0. The van der Waals surface area contributed by atoms with E-state index in [2.05, 4.69) is 0 Å². The summed E-state index contributed by atoms with van der Waals surface area (Å²) in [5.74, 6) is -2.02. The van der Waals surface area contributed by atoms with E-state index in [-0.39, 0.29) is 29.8 Å². The maximum Gasteiger partial charge on any atom is 0.182 e. The molecule has 7 heteroatoms. The molecule has 4 fully saturated rings. The minimum Gasteiger partial charge on any atom is -0.390 e. The standard InChI is InChI=1S/C24H32ClFO5/c1-20(2)30-19-10-16-15-6-5-13-9-14(27)7-8-21(13,3)23(15,26)17(28)11-22(16,4)24(19,31-20)18(29)12-25/h9,15-17,19,28H,5-8,10-12H2,1-4H3/t15-,16-,17-,19-,21-,22-,23?,24+/m0/s1. The molecule has 1 N–H and O–H groups in total. The fourth-order valence-electron chi connectivity index (χ4n) is 8.27. The molecule has 1 saturated heterocycles. The lowest BCUT2D eigenvalue weighted by Gasteiger charge is -2.63. The highest BCUT2D eigenvalue weighted by Gasteiger charge is 2.80. The molecule has 8 atom stereocenters. The lowest BCUT2D eigenvalue weighted by molar-refractivity contribution is -0.250. The van der Waals surface area contributed by atoms with E-state index >= 15 is 4.39 Å². The first-order chi connectivity index (χ1) is 14.4. The molecular formula is C24H32ClFO5. The quantitative estimate of drug-likeness (QED) is 0.641. The Morgan fingerprint density at radius 2 is 1.97 bits per heavy atom. The Labute approximate surface area is 187 Å². The summed E-state index contributed by atoms with van der Waals surface area (Å²) in [6, 6.07) is 0. The van der Waals surface area contributed by atoms with Gasteiger partial charge in [-0.25, -0.2) is 4.39 Å². The zero-order chi connectivity index (χ0) is 22.6. The highest BCUT2D eigenvalue weighted by molar-refractivity contribution is 6.29. The molecule has 0 aromatic heterocycles. The number of aliphatic hydroxyl groups is 1. The lowest BCUT2D eigenvalue weighted by Crippen LogP contribution is -2.70. The summed E-state index contributed by atoms with van der Waals surface area (Å²) >= 11 is 6.05. The summed E-state index contributed by atoms with van der Waals surface area (Å²) in [5.41, 5.74) is -4.00. The van der Waals surface area contributed by atoms with Crippen molar-refractivity contribution in [2.24, 2.45) is 22.7 Å². The maximum atomic E-state index is 17.2. The molecule has 4 aliphatic carbocycles. The minimum atomic E-state index is -1.86. The van der Waals surface area contributed by atoms with Crippen molar-refractivity contribution in [1.82, 2.24) is 0 Å². The van der Waals surface area contributed by atoms with Crippen LogP contribution >= 0.6 is 11.6 Å². The molecule has 31 heavy (non-hydrogen) atoms. The van der Waals surface area contributed by atoms with E-state index in [0.717, 1.165) is 5.57 Å². The van der Waals surface area contributed by atoms with Crippen molar-refractivity contribution >= 4 is 23.2 Å². The number of alkyl halides is 2. The van der Waals surface area contributed by atoms with E-state index in [1.54, 1.807) is 19.9 Å². The van der Waals surface area contributed by atoms with Crippen LogP contribution in [0.5, 0.6) is 0 Å². The van der Waals surface area contributed by atoms with E-state index in [4.69, 9.17) is 21.1 Å². The Balaban J connectivity index is 1.63. The molecule has 0 radical (unpaired) electrons. The van der Waals surface area contributed by atoms with Gasteiger partial charge in [0.15, 0.2) is 23.0 Å². The first-order valence-corrected chi connectivity index (χ1v) is 12.0. The zero-order valence-electron chi connectivity index (χ0n) is 18.7. The zero-order valence-corrected chi connectivity index (χ0v) is 19.4. The van der Waals surface area contributed by atoms with Crippen LogP contribution in [0.25, 0.3) is 0 Å². The summed E-state index contributed by atoms with van der Waals surface area (Å²) in [4.78, 5) is 25.3. The summed E-state index contributed by atoms with van der Waals surface area (Å²) < 4.78 is 29.7. The van der Waals surface area contributed by atoms with Gasteiger partial charge in [0, 0.05) is 23.2 Å². The molecule has 0 aromatic rings. The van der Waals surface area contributed by atoms with Crippen LogP contribution in [-0.2, 0) is 19.1 Å². The number of fused-ring (bicyclic) bond motifs is 7. The number of allylic oxidation sites excluding steroid dienone is 1. The highest BCUT2D eigenvalue weighted by atomic mass is 35.5. The van der Waals surface area contributed by atoms with Crippen LogP contribution in [0.1, 0.15) is 66.2 Å². The molecule has 0 spiro atoms. The van der Waals surface area contributed by atoms with Gasteiger partial charge in [-0.3, -0.25) is 9.59 Å². The minimum absolute atomic E-state index is 0.0377. The number of ether oxygens (including phenoxy) is 2. The van der Waals surface area contributed by atoms with Crippen molar-refractivity contribution in [1.29, 1.82) is 0 Å². The predicted octanol–water partition coefficient (Wildman–Crippen LogP) is 3.89. The first-order valence-electron chi connectivity index (χ1n) is 11.4. The third-order valence-electron chi connectivity index (χ3n) is 9.57. The van der Waals surface area contributed by atoms with Crippen molar-refractivity contribution < 1.29 is 28.6 Å². The summed E-state index contributed by atoms with van der Waals surface area (Å²) in [6.07, 6.45) is 2.28. The van der Waals surface area contributed by atoms with Crippen molar-refractivity contribution in [3.63, 3.8) is 0 Å². The van der Waals surface area contributed by atoms with Crippen LogP contribution in [-0.4, -0.2) is 51.8 Å². The van der Waals surface area contributed by atoms with Gasteiger partial charge in [0.25, 0.3) is 0 Å². The molecule has 3 saturated carbocycles. The van der Waals surface area contributed by atoms with E-state index in [1.807, 2.05) is 13.8 Å².